The number of fused-ring (bicyclic) bond motifs is 1. The van der Waals surface area contributed by atoms with E-state index >= 15 is 0 Å². The van der Waals surface area contributed by atoms with Crippen molar-refractivity contribution < 1.29 is 4.79 Å². The van der Waals surface area contributed by atoms with Gasteiger partial charge in [0, 0.05) is 42.5 Å². The Bertz CT molecular complexity index is 1110. The number of aromatic amines is 1. The summed E-state index contributed by atoms with van der Waals surface area (Å²) < 4.78 is 0. The molecule has 3 aromatic rings. The minimum Gasteiger partial charge on any atom is -0.367 e. The first-order chi connectivity index (χ1) is 14.9. The number of carbonyl (C=O) groups excluding carboxylic acids is 1. The molecule has 2 fully saturated rings. The Morgan fingerprint density at radius 2 is 1.94 bits per heavy atom. The summed E-state index contributed by atoms with van der Waals surface area (Å²) in [7, 11) is 0. The van der Waals surface area contributed by atoms with Crippen LogP contribution in [0.3, 0.4) is 0 Å². The van der Waals surface area contributed by atoms with Crippen molar-refractivity contribution in [3.63, 3.8) is 0 Å². The zero-order valence-electron chi connectivity index (χ0n) is 17.6. The number of anilines is 1. The summed E-state index contributed by atoms with van der Waals surface area (Å²) in [4.78, 5) is 27.6. The molecule has 0 amide bonds. The zero-order chi connectivity index (χ0) is 21.6. The lowest BCUT2D eigenvalue weighted by Gasteiger charge is -2.51. The molecular weight excluding hydrogens is 412 g/mol. The second-order valence-electron chi connectivity index (χ2n) is 9.17. The summed E-state index contributed by atoms with van der Waals surface area (Å²) in [6.45, 7) is 4.09. The lowest BCUT2D eigenvalue weighted by atomic mass is 9.84. The minimum atomic E-state index is -0.138. The first-order valence-corrected chi connectivity index (χ1v) is 11.2. The van der Waals surface area contributed by atoms with Crippen LogP contribution < -0.4 is 11.1 Å². The van der Waals surface area contributed by atoms with E-state index < -0.39 is 0 Å². The fraction of sp³-hybridized carbons (Fsp3) is 0.435. The van der Waals surface area contributed by atoms with E-state index in [0.717, 1.165) is 44.2 Å². The highest BCUT2D eigenvalue weighted by molar-refractivity contribution is 6.35. The van der Waals surface area contributed by atoms with Crippen molar-refractivity contribution in [2.75, 3.05) is 18.4 Å². The molecule has 8 heteroatoms. The molecule has 7 nitrogen and oxygen atoms in total. The summed E-state index contributed by atoms with van der Waals surface area (Å²) in [5.41, 5.74) is 7.79. The van der Waals surface area contributed by atoms with E-state index in [-0.39, 0.29) is 11.3 Å². The molecule has 1 aromatic carbocycles. The van der Waals surface area contributed by atoms with Crippen molar-refractivity contribution in [3.8, 4) is 0 Å². The van der Waals surface area contributed by atoms with Crippen LogP contribution in [0.25, 0.3) is 11.0 Å². The third kappa shape index (κ3) is 3.93. The van der Waals surface area contributed by atoms with Crippen molar-refractivity contribution >= 4 is 34.2 Å². The quantitative estimate of drug-likeness (QED) is 0.526. The number of benzene rings is 1. The molecular formula is C23H27ClN6O. The van der Waals surface area contributed by atoms with Crippen LogP contribution in [0.2, 0.25) is 5.02 Å². The van der Waals surface area contributed by atoms with E-state index in [9.17, 15) is 4.79 Å². The maximum atomic E-state index is 13.2. The SMILES string of the molecule is CC1(N)CN([C@H]2CC[C@@H](Nc3ncnc4[nH]cc(C(=O)c5ccccc5Cl)c34)CC2)C1. The van der Waals surface area contributed by atoms with Gasteiger partial charge in [0.15, 0.2) is 5.78 Å². The molecule has 0 radical (unpaired) electrons. The normalized spacial score (nSPS) is 23.5. The molecule has 3 heterocycles. The average molecular weight is 439 g/mol. The monoisotopic (exact) mass is 438 g/mol. The van der Waals surface area contributed by atoms with E-state index in [2.05, 4.69) is 32.1 Å². The van der Waals surface area contributed by atoms with Crippen molar-refractivity contribution in [3.05, 3.63) is 52.9 Å². The number of ketones is 1. The lowest BCUT2D eigenvalue weighted by Crippen LogP contribution is -2.68. The van der Waals surface area contributed by atoms with Gasteiger partial charge in [-0.1, -0.05) is 23.7 Å². The van der Waals surface area contributed by atoms with Crippen LogP contribution in [-0.4, -0.2) is 56.3 Å². The molecule has 2 aliphatic rings. The third-order valence-electron chi connectivity index (χ3n) is 6.52. The molecule has 0 bridgehead atoms. The molecule has 162 valence electrons. The topological polar surface area (TPSA) is 99.9 Å². The molecule has 1 aliphatic carbocycles. The summed E-state index contributed by atoms with van der Waals surface area (Å²) in [6.07, 6.45) is 7.62. The van der Waals surface area contributed by atoms with Gasteiger partial charge in [0.2, 0.25) is 0 Å². The van der Waals surface area contributed by atoms with Gasteiger partial charge in [0.25, 0.3) is 0 Å². The largest absolute Gasteiger partial charge is 0.367 e. The van der Waals surface area contributed by atoms with Gasteiger partial charge in [-0.3, -0.25) is 9.69 Å². The molecule has 1 saturated heterocycles. The van der Waals surface area contributed by atoms with Crippen molar-refractivity contribution in [2.24, 2.45) is 5.73 Å². The van der Waals surface area contributed by atoms with E-state index in [1.165, 1.54) is 6.33 Å². The Labute approximate surface area is 186 Å². The van der Waals surface area contributed by atoms with Gasteiger partial charge in [0.05, 0.1) is 16.0 Å². The van der Waals surface area contributed by atoms with Crippen LogP contribution in [0.4, 0.5) is 5.82 Å². The van der Waals surface area contributed by atoms with Gasteiger partial charge in [-0.25, -0.2) is 9.97 Å². The fourth-order valence-corrected chi connectivity index (χ4v) is 5.18. The Kier molecular flexibility index (Phi) is 5.20. The number of nitrogens with one attached hydrogen (secondary N) is 2. The molecule has 0 atom stereocenters. The van der Waals surface area contributed by atoms with Gasteiger partial charge in [-0.15, -0.1) is 0 Å². The lowest BCUT2D eigenvalue weighted by molar-refractivity contribution is 0.0228. The maximum absolute atomic E-state index is 13.2. The molecule has 1 saturated carbocycles. The number of rotatable bonds is 5. The number of H-pyrrole nitrogens is 1. The number of halogens is 1. The maximum Gasteiger partial charge on any atom is 0.196 e. The minimum absolute atomic E-state index is 0.0272. The Morgan fingerprint density at radius 1 is 1.19 bits per heavy atom. The average Bonchev–Trinajstić information content (AvgIpc) is 3.18. The smallest absolute Gasteiger partial charge is 0.196 e. The van der Waals surface area contributed by atoms with Crippen molar-refractivity contribution in [2.45, 2.75) is 50.2 Å². The van der Waals surface area contributed by atoms with Crippen molar-refractivity contribution in [1.82, 2.24) is 19.9 Å². The number of likely N-dealkylation sites (tertiary alicyclic amines) is 1. The number of hydrogen-bond donors (Lipinski definition) is 3. The van der Waals surface area contributed by atoms with Crippen LogP contribution in [0, 0.1) is 0 Å². The highest BCUT2D eigenvalue weighted by Crippen LogP contribution is 2.33. The van der Waals surface area contributed by atoms with E-state index in [1.54, 1.807) is 18.3 Å². The molecule has 5 rings (SSSR count). The van der Waals surface area contributed by atoms with E-state index in [0.29, 0.717) is 39.7 Å². The van der Waals surface area contributed by atoms with Crippen LogP contribution in [-0.2, 0) is 0 Å². The van der Waals surface area contributed by atoms with Gasteiger partial charge < -0.3 is 16.0 Å². The van der Waals surface area contributed by atoms with Crippen molar-refractivity contribution in [1.29, 1.82) is 0 Å². The van der Waals surface area contributed by atoms with Gasteiger partial charge in [0.1, 0.15) is 17.8 Å². The summed E-state index contributed by atoms with van der Waals surface area (Å²) in [5, 5.41) is 4.74. The van der Waals surface area contributed by atoms with Crippen LogP contribution in [0.15, 0.2) is 36.8 Å². The van der Waals surface area contributed by atoms with E-state index in [4.69, 9.17) is 17.3 Å². The standard InChI is InChI=1S/C23H27ClN6O/c1-23(25)11-30(12-23)15-8-6-14(7-9-15)29-22-19-17(10-26-21(19)27-13-28-22)20(31)16-4-2-3-5-18(16)24/h2-5,10,13-15H,6-9,11-12,25H2,1H3,(H2,26,27,28,29)/t14-,15+. The number of aromatic nitrogens is 3. The molecule has 1 aliphatic heterocycles. The summed E-state index contributed by atoms with van der Waals surface area (Å²) in [5.74, 6) is 0.560. The molecule has 0 spiro atoms. The molecule has 31 heavy (non-hydrogen) atoms. The van der Waals surface area contributed by atoms with Gasteiger partial charge in [-0.05, 0) is 44.7 Å². The van der Waals surface area contributed by atoms with Gasteiger partial charge in [-0.2, -0.15) is 0 Å². The number of hydrogen-bond acceptors (Lipinski definition) is 6. The summed E-state index contributed by atoms with van der Waals surface area (Å²) in [6, 6.07) is 8.03. The molecule has 4 N–H and O–H groups in total. The molecule has 2 aromatic heterocycles. The van der Waals surface area contributed by atoms with E-state index in [1.807, 2.05) is 12.1 Å². The second-order valence-corrected chi connectivity index (χ2v) is 9.57. The number of nitrogens with zero attached hydrogens (tertiary/aromatic N) is 3. The highest BCUT2D eigenvalue weighted by Gasteiger charge is 2.39. The highest BCUT2D eigenvalue weighted by atomic mass is 35.5. The predicted octanol–water partition coefficient (Wildman–Crippen LogP) is 3.60. The predicted molar refractivity (Wildman–Crippen MR) is 123 cm³/mol. The first-order valence-electron chi connectivity index (χ1n) is 10.8. The zero-order valence-corrected chi connectivity index (χ0v) is 18.3. The Balaban J connectivity index is 1.34. The van der Waals surface area contributed by atoms with Crippen LogP contribution in [0.5, 0.6) is 0 Å². The van der Waals surface area contributed by atoms with Crippen LogP contribution in [0.1, 0.15) is 48.5 Å². The first kappa shape index (κ1) is 20.4. The number of nitrogens with two attached hydrogens (primary N) is 1. The fourth-order valence-electron chi connectivity index (χ4n) is 4.96. The van der Waals surface area contributed by atoms with Crippen LogP contribution >= 0.6 is 11.6 Å². The Morgan fingerprint density at radius 3 is 2.65 bits per heavy atom. The Hall–Kier alpha value is -2.48. The second kappa shape index (κ2) is 7.89. The number of carbonyl (C=O) groups is 1. The third-order valence-corrected chi connectivity index (χ3v) is 6.85. The summed E-state index contributed by atoms with van der Waals surface area (Å²) >= 11 is 6.27. The molecule has 0 unspecified atom stereocenters. The van der Waals surface area contributed by atoms with Gasteiger partial charge >= 0.3 is 0 Å².